The molecule has 126 heavy (non-hydrogen) atoms. The van der Waals surface area contributed by atoms with Crippen molar-refractivity contribution in [2.75, 3.05) is 37.9 Å². The number of rotatable bonds is 14. The summed E-state index contributed by atoms with van der Waals surface area (Å²) >= 11 is 6.09. The molecule has 51 heteroatoms. The van der Waals surface area contributed by atoms with E-state index >= 15 is 0 Å². The van der Waals surface area contributed by atoms with Crippen LogP contribution in [0.2, 0.25) is 5.15 Å². The van der Waals surface area contributed by atoms with Gasteiger partial charge in [0.25, 0.3) is 5.91 Å². The van der Waals surface area contributed by atoms with Crippen molar-refractivity contribution in [1.29, 1.82) is 0 Å². The molecule has 17 rings (SSSR count). The van der Waals surface area contributed by atoms with Gasteiger partial charge in [-0.3, -0.25) is 9.59 Å². The van der Waals surface area contributed by atoms with Gasteiger partial charge in [-0.25, -0.2) is 78.9 Å². The molecule has 0 unspecified atom stereocenters. The average Bonchev–Trinajstić information content (AvgIpc) is 1.73. The maximum absolute atomic E-state index is 12.0. The summed E-state index contributed by atoms with van der Waals surface area (Å²) in [6.07, 6.45) is -11.6. The number of H-pyrrole nitrogens is 2. The Hall–Kier alpha value is -12.5. The Kier molecular flexibility index (Phi) is 27.8. The van der Waals surface area contributed by atoms with Gasteiger partial charge in [-0.2, -0.15) is 0 Å². The summed E-state index contributed by atoms with van der Waals surface area (Å²) in [5.41, 5.74) is 19.1. The van der Waals surface area contributed by atoms with Gasteiger partial charge in [-0.15, -0.1) is 0 Å². The summed E-state index contributed by atoms with van der Waals surface area (Å²) in [6, 6.07) is 0. The first-order valence-corrected chi connectivity index (χ1v) is 38.4. The Morgan fingerprint density at radius 3 is 1.24 bits per heavy atom. The highest BCUT2D eigenvalue weighted by Crippen LogP contribution is 2.43. The van der Waals surface area contributed by atoms with E-state index in [1.165, 1.54) is 66.2 Å². The molecule has 5 aliphatic heterocycles. The van der Waals surface area contributed by atoms with Crippen LogP contribution < -0.4 is 22.8 Å². The molecule has 0 spiro atoms. The van der Waals surface area contributed by atoms with Gasteiger partial charge in [0.05, 0.1) is 108 Å². The Morgan fingerprint density at radius 1 is 0.452 bits per heavy atom. The highest BCUT2D eigenvalue weighted by Gasteiger charge is 2.49. The minimum absolute atomic E-state index is 0.0345. The number of aryl methyl sites for hydroxylation is 6. The Balaban J connectivity index is 0.000000138. The lowest BCUT2D eigenvalue weighted by Gasteiger charge is -2.18. The number of primary amides is 1. The molecule has 5 saturated heterocycles. The number of hydrogen-bond donors (Lipinski definition) is 22. The molecular weight excluding hydrogens is 1690 g/mol. The third-order valence-corrected chi connectivity index (χ3v) is 21.2. The summed E-state index contributed by atoms with van der Waals surface area (Å²) in [7, 11) is 0. The zero-order chi connectivity index (χ0) is 92.0. The third kappa shape index (κ3) is 17.4. The molecule has 50 nitrogen and oxygen atoms in total. The van der Waals surface area contributed by atoms with Crippen molar-refractivity contribution < 1.29 is 125 Å². The number of amides is 1. The van der Waals surface area contributed by atoms with Crippen LogP contribution in [0.4, 0.5) is 28.7 Å². The zero-order valence-corrected chi connectivity index (χ0v) is 68.0. The quantitative estimate of drug-likeness (QED) is 0.0421. The smallest absolute Gasteiger partial charge is 0.338 e. The van der Waals surface area contributed by atoms with E-state index < -0.39 is 173 Å². The normalized spacial score (nSPS) is 26.0. The number of aromatic nitrogens is 18. The van der Waals surface area contributed by atoms with Crippen molar-refractivity contribution in [2.45, 2.75) is 184 Å². The minimum Gasteiger partial charge on any atom is -0.478 e. The first-order chi connectivity index (χ1) is 59.8. The SMILES string of the molecule is CC[C@H]1O[C@@H](n2cc(C(=O)O)c3c(N)nc(C)nc32)[C@H](O)[C@@H]1O.Cc1nc(N)c2c(C(N)=O)c[nH]c2n1.Cc1ncc2c(C(=O)O)cn([C@@H]3O[C@H](CO)[C@@H](O)[C@H]3O)c2n1.[C-]#[N+]c1cn([C@@H]2O[C@H](CO)[C@@H](O)[C@H]2O)c2nc(C)[nH]c(=O)c12.[C-]#[N+]c1cn([C@@H]2O[C@H](CO)[C@@H](O)[C@H]2O)c2nc(C)nc(CO)c12.[C-]#[N+]c1cn([C@@H]2O[C@H](CO)[C@@H](O)[C@H]2O)c2nc(C)nc(Cl)c12. The summed E-state index contributed by atoms with van der Waals surface area (Å²) in [6.45, 7) is 31.2. The first kappa shape index (κ1) is 92.7. The van der Waals surface area contributed by atoms with Crippen molar-refractivity contribution in [3.05, 3.63) is 150 Å². The molecule has 668 valence electrons. The highest BCUT2D eigenvalue weighted by atomic mass is 35.5. The van der Waals surface area contributed by atoms with E-state index in [-0.39, 0.29) is 79.3 Å². The Morgan fingerprint density at radius 2 is 0.817 bits per heavy atom. The van der Waals surface area contributed by atoms with Crippen molar-refractivity contribution in [3.63, 3.8) is 0 Å². The largest absolute Gasteiger partial charge is 0.478 e. The molecule has 17 heterocycles. The Labute approximate surface area is 712 Å². The van der Waals surface area contributed by atoms with E-state index in [9.17, 15) is 95.8 Å². The fourth-order valence-corrected chi connectivity index (χ4v) is 15.2. The predicted molar refractivity (Wildman–Crippen MR) is 432 cm³/mol. The van der Waals surface area contributed by atoms with Crippen molar-refractivity contribution in [1.82, 2.24) is 87.6 Å². The van der Waals surface area contributed by atoms with Crippen LogP contribution in [0.5, 0.6) is 0 Å². The summed E-state index contributed by atoms with van der Waals surface area (Å²) in [5, 5.41) is 167. The van der Waals surface area contributed by atoms with Gasteiger partial charge in [0, 0.05) is 48.8 Å². The van der Waals surface area contributed by atoms with Gasteiger partial charge >= 0.3 is 11.9 Å². The lowest BCUT2D eigenvalue weighted by Crippen LogP contribution is -2.33. The van der Waals surface area contributed by atoms with Gasteiger partial charge in [0.2, 0.25) is 22.6 Å². The third-order valence-electron chi connectivity index (χ3n) is 20.9. The fourth-order valence-electron chi connectivity index (χ4n) is 14.9. The van der Waals surface area contributed by atoms with Crippen molar-refractivity contribution >= 4 is 124 Å². The molecule has 0 aliphatic carbocycles. The predicted octanol–water partition coefficient (Wildman–Crippen LogP) is -1.81. The van der Waals surface area contributed by atoms with Gasteiger partial charge in [0.1, 0.15) is 171 Å². The highest BCUT2D eigenvalue weighted by molar-refractivity contribution is 6.35. The summed E-state index contributed by atoms with van der Waals surface area (Å²) in [5.74, 6) is -0.100. The number of carboxylic acid groups (broad SMARTS) is 2. The second kappa shape index (κ2) is 37.7. The average molecular weight is 1770 g/mol. The molecular formula is C75H85ClN24O26. The van der Waals surface area contributed by atoms with Gasteiger partial charge in [-0.1, -0.05) is 18.5 Å². The van der Waals surface area contributed by atoms with E-state index in [1.54, 1.807) is 41.5 Å². The molecule has 0 aromatic carbocycles. The Bertz CT molecular complexity index is 6330. The topological polar surface area (TPSA) is 748 Å². The number of nitrogens with one attached hydrogen (secondary N) is 2. The number of hydrogen-bond acceptors (Lipinski definition) is 37. The van der Waals surface area contributed by atoms with E-state index in [0.29, 0.717) is 91.1 Å². The number of aromatic carboxylic acids is 2. The molecule has 0 saturated carbocycles. The van der Waals surface area contributed by atoms with Crippen LogP contribution in [-0.2, 0) is 30.3 Å². The number of ether oxygens (including phenoxy) is 5. The van der Waals surface area contributed by atoms with Crippen LogP contribution in [0.25, 0.3) is 80.7 Å². The van der Waals surface area contributed by atoms with Crippen molar-refractivity contribution in [3.8, 4) is 0 Å². The zero-order valence-electron chi connectivity index (χ0n) is 67.2. The number of carboxylic acids is 2. The molecule has 1 amide bonds. The number of aromatic amines is 2. The van der Waals surface area contributed by atoms with Crippen LogP contribution in [0, 0.1) is 61.3 Å². The number of nitrogens with zero attached hydrogens (tertiary/aromatic N) is 19. The van der Waals surface area contributed by atoms with Crippen LogP contribution in [0.15, 0.2) is 48.2 Å². The number of carbonyl (C=O) groups excluding carboxylic acids is 1. The monoisotopic (exact) mass is 1770 g/mol. The van der Waals surface area contributed by atoms with E-state index in [2.05, 4.69) is 79.3 Å². The first-order valence-electron chi connectivity index (χ1n) is 38.0. The van der Waals surface area contributed by atoms with E-state index in [1.807, 2.05) is 6.92 Å². The lowest BCUT2D eigenvalue weighted by atomic mass is 10.1. The van der Waals surface area contributed by atoms with Crippen LogP contribution >= 0.6 is 11.6 Å². The molecule has 0 bridgehead atoms. The van der Waals surface area contributed by atoms with E-state index in [0.717, 1.165) is 0 Å². The molecule has 5 fully saturated rings. The molecule has 12 aromatic heterocycles. The summed E-state index contributed by atoms with van der Waals surface area (Å²) < 4.78 is 34.4. The number of fused-ring (bicyclic) bond motifs is 6. The fraction of sp³-hybridized carbons (Fsp3) is 0.440. The number of aliphatic hydroxyl groups is 15. The molecule has 20 atom stereocenters. The van der Waals surface area contributed by atoms with Crippen molar-refractivity contribution in [2.24, 2.45) is 5.73 Å². The van der Waals surface area contributed by atoms with Crippen LogP contribution in [0.3, 0.4) is 0 Å². The number of halogens is 1. The maximum Gasteiger partial charge on any atom is 0.338 e. The summed E-state index contributed by atoms with van der Waals surface area (Å²) in [4.78, 5) is 107. The number of carbonyl (C=O) groups is 3. The number of aliphatic hydroxyl groups excluding tert-OH is 15. The molecule has 12 aromatic rings. The minimum atomic E-state index is -1.32. The second-order valence-corrected chi connectivity index (χ2v) is 29.5. The van der Waals surface area contributed by atoms with E-state index in [4.69, 9.17) is 82.4 Å². The molecule has 5 aliphatic rings. The number of anilines is 2. The molecule has 25 N–H and O–H groups in total. The standard InChI is InChI=1S/C14H16N4O5.C14H18N4O5.C13H13ClN4O4.C13H14N4O5.C13H15N3O6.C8H9N5O/c1-6-16-8(4-19)10-7(15-2)3-18(13(10)17-6)14-12(22)11(21)9(5-20)23-14;1-3-7-9(19)10(20)13(23-7)18-4-6(14(21)22)8-11(15)16-5(2)17-12(8)18;1-5-16-11(14)8-6(15-2)3-18(12(8)17-5)13-10(21)9(20)7(4-19)22-13;1-5-15-11-8(12(21)16-5)6(14-2)3-17(11)13-10(20)9(19)7(4-18)22-13;1-5-14-2-6-7(13(20)21)3-16(11(6)15-5)12-10(19)9(18)8(4-17)22-12;1-3-12-6(9)5-4(7(10)14)2-11-8(5)13-3/h3,9,11-12,14,19-22H,4-5H2,1H3;4,7,9-10,13,19-20H,3H2,1-2H3,(H,21,22)(H2,15,16,17);3,7,9-10,13,19-21H,4H2,1H3;3,7,9-10,13,18-20H,4H2,1H3,(H,15,16,21);2-3,8-10,12,17-19H,4H2,1H3,(H,20,21);2H,1H3,(H2,10,14)(H3,9,11,12,13)/t9-,11-,12-,14-;3*7-,9-,10-,13-;8-,9-,10-,12-;/m11111./s1. The second-order valence-electron chi connectivity index (χ2n) is 29.1. The van der Waals surface area contributed by atoms with Gasteiger partial charge in [0.15, 0.2) is 31.1 Å². The van der Waals surface area contributed by atoms with Gasteiger partial charge in [-0.05, 0) is 48.0 Å². The number of nitrogens with two attached hydrogens (primary N) is 3. The molecule has 0 radical (unpaired) electrons. The number of nitrogen functional groups attached to an aromatic ring is 2. The lowest BCUT2D eigenvalue weighted by molar-refractivity contribution is -0.0509. The van der Waals surface area contributed by atoms with Crippen LogP contribution in [0.1, 0.15) is 116 Å². The maximum atomic E-state index is 12.0. The van der Waals surface area contributed by atoms with Gasteiger partial charge < -0.3 is 160 Å². The van der Waals surface area contributed by atoms with Crippen LogP contribution in [-0.4, -0.2) is 310 Å².